The number of halogens is 2. The lowest BCUT2D eigenvalue weighted by Crippen LogP contribution is -2.44. The Balaban J connectivity index is 2.13. The van der Waals surface area contributed by atoms with Crippen molar-refractivity contribution in [1.29, 1.82) is 0 Å². The van der Waals surface area contributed by atoms with Gasteiger partial charge in [-0.2, -0.15) is 0 Å². The molecule has 1 aromatic carbocycles. The first-order chi connectivity index (χ1) is 9.61. The molecule has 2 rings (SSSR count). The summed E-state index contributed by atoms with van der Waals surface area (Å²) >= 11 is 6.15. The van der Waals surface area contributed by atoms with E-state index in [1.54, 1.807) is 13.2 Å². The summed E-state index contributed by atoms with van der Waals surface area (Å²) in [4.78, 5) is 2.39. The molecule has 1 saturated heterocycles. The summed E-state index contributed by atoms with van der Waals surface area (Å²) in [7, 11) is 1.71. The van der Waals surface area contributed by atoms with E-state index in [1.807, 2.05) is 0 Å². The first-order valence-electron chi connectivity index (χ1n) is 7.01. The molecule has 1 unspecified atom stereocenters. The van der Waals surface area contributed by atoms with Gasteiger partial charge in [0.2, 0.25) is 0 Å². The van der Waals surface area contributed by atoms with Gasteiger partial charge in [0, 0.05) is 37.3 Å². The van der Waals surface area contributed by atoms with Crippen LogP contribution in [0.2, 0.25) is 5.02 Å². The molecule has 1 aliphatic heterocycles. The number of ether oxygens (including phenoxy) is 1. The fourth-order valence-corrected chi connectivity index (χ4v) is 2.98. The van der Waals surface area contributed by atoms with Gasteiger partial charge >= 0.3 is 0 Å². The SMILES string of the molecule is COCC(C)N(Cc1ccc(F)cc1Cl)[C@H]1CCNC1. The Labute approximate surface area is 125 Å². The van der Waals surface area contributed by atoms with Gasteiger partial charge in [-0.3, -0.25) is 4.90 Å². The van der Waals surface area contributed by atoms with Gasteiger partial charge in [-0.15, -0.1) is 0 Å². The minimum absolute atomic E-state index is 0.294. The molecule has 5 heteroatoms. The van der Waals surface area contributed by atoms with E-state index in [0.717, 1.165) is 31.6 Å². The summed E-state index contributed by atoms with van der Waals surface area (Å²) < 4.78 is 18.4. The van der Waals surface area contributed by atoms with Gasteiger partial charge in [-0.1, -0.05) is 17.7 Å². The quantitative estimate of drug-likeness (QED) is 0.874. The topological polar surface area (TPSA) is 24.5 Å². The number of nitrogens with zero attached hydrogens (tertiary/aromatic N) is 1. The van der Waals surface area contributed by atoms with Crippen LogP contribution in [0.3, 0.4) is 0 Å². The van der Waals surface area contributed by atoms with E-state index in [0.29, 0.717) is 23.7 Å². The highest BCUT2D eigenvalue weighted by Gasteiger charge is 2.26. The van der Waals surface area contributed by atoms with E-state index in [9.17, 15) is 4.39 Å². The number of hydrogen-bond donors (Lipinski definition) is 1. The van der Waals surface area contributed by atoms with Crippen LogP contribution in [0.1, 0.15) is 18.9 Å². The molecule has 0 amide bonds. The maximum absolute atomic E-state index is 13.1. The fourth-order valence-electron chi connectivity index (χ4n) is 2.75. The third kappa shape index (κ3) is 3.92. The predicted molar refractivity (Wildman–Crippen MR) is 79.6 cm³/mol. The van der Waals surface area contributed by atoms with Crippen molar-refractivity contribution in [3.63, 3.8) is 0 Å². The molecular formula is C15H22ClFN2O. The maximum atomic E-state index is 13.1. The number of rotatable bonds is 6. The second-order valence-corrected chi connectivity index (χ2v) is 5.77. The third-order valence-electron chi connectivity index (χ3n) is 3.85. The highest BCUT2D eigenvalue weighted by molar-refractivity contribution is 6.31. The highest BCUT2D eigenvalue weighted by Crippen LogP contribution is 2.23. The Morgan fingerprint density at radius 3 is 2.95 bits per heavy atom. The Hall–Kier alpha value is -0.680. The summed E-state index contributed by atoms with van der Waals surface area (Å²) in [6.45, 7) is 5.56. The van der Waals surface area contributed by atoms with Crippen molar-refractivity contribution in [2.45, 2.75) is 32.0 Å². The molecule has 1 N–H and O–H groups in total. The smallest absolute Gasteiger partial charge is 0.124 e. The van der Waals surface area contributed by atoms with Gasteiger partial charge in [0.1, 0.15) is 5.82 Å². The van der Waals surface area contributed by atoms with Crippen LogP contribution >= 0.6 is 11.6 Å². The predicted octanol–water partition coefficient (Wildman–Crippen LogP) is 2.68. The maximum Gasteiger partial charge on any atom is 0.124 e. The summed E-state index contributed by atoms with van der Waals surface area (Å²) in [5.74, 6) is -0.294. The zero-order valence-corrected chi connectivity index (χ0v) is 12.8. The van der Waals surface area contributed by atoms with Crippen molar-refractivity contribution >= 4 is 11.6 Å². The first-order valence-corrected chi connectivity index (χ1v) is 7.39. The standard InChI is InChI=1S/C15H22ClFN2O/c1-11(10-20-2)19(14-5-6-18-8-14)9-12-3-4-13(17)7-15(12)16/h3-4,7,11,14,18H,5-6,8-10H2,1-2H3/t11?,14-/m0/s1. The van der Waals surface area contributed by atoms with Crippen LogP contribution in [0.5, 0.6) is 0 Å². The molecule has 20 heavy (non-hydrogen) atoms. The van der Waals surface area contributed by atoms with E-state index in [-0.39, 0.29) is 5.82 Å². The van der Waals surface area contributed by atoms with Crippen molar-refractivity contribution in [2.75, 3.05) is 26.8 Å². The van der Waals surface area contributed by atoms with Crippen molar-refractivity contribution in [1.82, 2.24) is 10.2 Å². The lowest BCUT2D eigenvalue weighted by Gasteiger charge is -2.34. The zero-order valence-electron chi connectivity index (χ0n) is 12.0. The van der Waals surface area contributed by atoms with Crippen LogP contribution in [-0.2, 0) is 11.3 Å². The summed E-state index contributed by atoms with van der Waals surface area (Å²) in [6, 6.07) is 5.38. The van der Waals surface area contributed by atoms with Gasteiger partial charge in [-0.05, 0) is 37.6 Å². The average Bonchev–Trinajstić information content (AvgIpc) is 2.91. The lowest BCUT2D eigenvalue weighted by molar-refractivity contribution is 0.0688. The molecule has 0 saturated carbocycles. The van der Waals surface area contributed by atoms with E-state index >= 15 is 0 Å². The Bertz CT molecular complexity index is 438. The number of nitrogens with one attached hydrogen (secondary N) is 1. The minimum atomic E-state index is -0.294. The molecule has 0 spiro atoms. The average molecular weight is 301 g/mol. The molecule has 1 fully saturated rings. The summed E-state index contributed by atoms with van der Waals surface area (Å²) in [5, 5.41) is 3.88. The van der Waals surface area contributed by atoms with Crippen LogP contribution in [0.25, 0.3) is 0 Å². The van der Waals surface area contributed by atoms with Crippen molar-refractivity contribution in [3.8, 4) is 0 Å². The minimum Gasteiger partial charge on any atom is -0.383 e. The lowest BCUT2D eigenvalue weighted by atomic mass is 10.1. The zero-order chi connectivity index (χ0) is 14.5. The highest BCUT2D eigenvalue weighted by atomic mass is 35.5. The molecule has 3 nitrogen and oxygen atoms in total. The van der Waals surface area contributed by atoms with Crippen molar-refractivity contribution in [3.05, 3.63) is 34.6 Å². The van der Waals surface area contributed by atoms with Crippen LogP contribution in [0.4, 0.5) is 4.39 Å². The van der Waals surface area contributed by atoms with Gasteiger partial charge in [0.25, 0.3) is 0 Å². The molecule has 1 aliphatic rings. The normalized spacial score (nSPS) is 20.6. The third-order valence-corrected chi connectivity index (χ3v) is 4.20. The van der Waals surface area contributed by atoms with E-state index < -0.39 is 0 Å². The summed E-state index contributed by atoms with van der Waals surface area (Å²) in [6.07, 6.45) is 1.12. The van der Waals surface area contributed by atoms with Crippen LogP contribution in [-0.4, -0.2) is 43.8 Å². The Kier molecular flexibility index (Phi) is 5.78. The van der Waals surface area contributed by atoms with Gasteiger partial charge in [0.15, 0.2) is 0 Å². The molecule has 1 aromatic rings. The van der Waals surface area contributed by atoms with Gasteiger partial charge < -0.3 is 10.1 Å². The van der Waals surface area contributed by atoms with Crippen LogP contribution < -0.4 is 5.32 Å². The molecule has 0 radical (unpaired) electrons. The largest absolute Gasteiger partial charge is 0.383 e. The van der Waals surface area contributed by atoms with Crippen molar-refractivity contribution in [2.24, 2.45) is 0 Å². The molecule has 1 heterocycles. The molecule has 0 aromatic heterocycles. The van der Waals surface area contributed by atoms with Crippen molar-refractivity contribution < 1.29 is 9.13 Å². The Morgan fingerprint density at radius 1 is 1.55 bits per heavy atom. The molecule has 0 aliphatic carbocycles. The molecule has 0 bridgehead atoms. The number of hydrogen-bond acceptors (Lipinski definition) is 3. The monoisotopic (exact) mass is 300 g/mol. The van der Waals surface area contributed by atoms with E-state index in [1.165, 1.54) is 12.1 Å². The Morgan fingerprint density at radius 2 is 2.35 bits per heavy atom. The van der Waals surface area contributed by atoms with Crippen LogP contribution in [0, 0.1) is 5.82 Å². The van der Waals surface area contributed by atoms with Gasteiger partial charge in [-0.25, -0.2) is 4.39 Å². The fraction of sp³-hybridized carbons (Fsp3) is 0.600. The van der Waals surface area contributed by atoms with Crippen LogP contribution in [0.15, 0.2) is 18.2 Å². The number of methoxy groups -OCH3 is 1. The second-order valence-electron chi connectivity index (χ2n) is 5.36. The molecule has 112 valence electrons. The summed E-state index contributed by atoms with van der Waals surface area (Å²) in [5.41, 5.74) is 0.961. The molecular weight excluding hydrogens is 279 g/mol. The second kappa shape index (κ2) is 7.36. The number of benzene rings is 1. The van der Waals surface area contributed by atoms with E-state index in [2.05, 4.69) is 17.1 Å². The van der Waals surface area contributed by atoms with E-state index in [4.69, 9.17) is 16.3 Å². The first kappa shape index (κ1) is 15.7. The molecule has 2 atom stereocenters. The van der Waals surface area contributed by atoms with Gasteiger partial charge in [0.05, 0.1) is 6.61 Å².